The lowest BCUT2D eigenvalue weighted by molar-refractivity contribution is -0.385. The number of nitro groups is 1. The van der Waals surface area contributed by atoms with Gasteiger partial charge in [0.15, 0.2) is 0 Å². The lowest BCUT2D eigenvalue weighted by atomic mass is 10.0. The van der Waals surface area contributed by atoms with E-state index in [0.29, 0.717) is 5.56 Å². The first-order chi connectivity index (χ1) is 7.84. The van der Waals surface area contributed by atoms with Crippen LogP contribution in [0.3, 0.4) is 0 Å². The van der Waals surface area contributed by atoms with Gasteiger partial charge in [-0.15, -0.1) is 0 Å². The fraction of sp³-hybridized carbons (Fsp3) is 0.300. The Kier molecular flexibility index (Phi) is 3.77. The number of hydrogen-bond acceptors (Lipinski definition) is 5. The van der Waals surface area contributed by atoms with E-state index in [1.165, 1.54) is 25.1 Å². The van der Waals surface area contributed by atoms with Crippen LogP contribution in [0.25, 0.3) is 0 Å². The smallest absolute Gasteiger partial charge is 0.323 e. The number of nitrogens with two attached hydrogens (primary N) is 1. The number of aryl methyl sites for hydroxylation is 1. The number of nitro benzene ring substituents is 1. The van der Waals surface area contributed by atoms with Gasteiger partial charge in [-0.05, 0) is 24.6 Å². The normalized spacial score (nSPS) is 14.1. The number of rotatable bonds is 4. The van der Waals surface area contributed by atoms with E-state index in [9.17, 15) is 20.0 Å². The van der Waals surface area contributed by atoms with Gasteiger partial charge in [0, 0.05) is 11.6 Å². The predicted octanol–water partition coefficient (Wildman–Crippen LogP) is 0.349. The van der Waals surface area contributed by atoms with Gasteiger partial charge in [-0.3, -0.25) is 14.9 Å². The molecule has 7 nitrogen and oxygen atoms in total. The first-order valence-electron chi connectivity index (χ1n) is 4.76. The van der Waals surface area contributed by atoms with E-state index in [1.807, 2.05) is 0 Å². The summed E-state index contributed by atoms with van der Waals surface area (Å²) in [6, 6.07) is 2.39. The Labute approximate surface area is 96.6 Å². The molecule has 0 fully saturated rings. The number of aliphatic hydroxyl groups excluding tert-OH is 1. The second-order valence-electron chi connectivity index (χ2n) is 3.61. The van der Waals surface area contributed by atoms with Crippen LogP contribution >= 0.6 is 0 Å². The van der Waals surface area contributed by atoms with Crippen molar-refractivity contribution in [3.05, 3.63) is 39.4 Å². The third-order valence-electron chi connectivity index (χ3n) is 2.38. The first-order valence-corrected chi connectivity index (χ1v) is 4.76. The van der Waals surface area contributed by atoms with Crippen LogP contribution in [0.5, 0.6) is 0 Å². The molecule has 7 heteroatoms. The number of carbonyl (C=O) groups is 1. The summed E-state index contributed by atoms with van der Waals surface area (Å²) in [7, 11) is 0. The standard InChI is InChI=1S/C10H12N2O5/c1-5-4-6(2-3-7(5)12(16)17)9(13)8(11)10(14)15/h2-4,8-9,13H,11H2,1H3,(H,14,15). The molecule has 17 heavy (non-hydrogen) atoms. The van der Waals surface area contributed by atoms with E-state index in [-0.39, 0.29) is 11.3 Å². The lowest BCUT2D eigenvalue weighted by Gasteiger charge is -2.15. The molecule has 0 aliphatic heterocycles. The fourth-order valence-electron chi connectivity index (χ4n) is 1.41. The summed E-state index contributed by atoms with van der Waals surface area (Å²) in [6.07, 6.45) is -1.40. The second kappa shape index (κ2) is 4.89. The van der Waals surface area contributed by atoms with Gasteiger partial charge in [-0.2, -0.15) is 0 Å². The number of carboxylic acids is 1. The van der Waals surface area contributed by atoms with Crippen molar-refractivity contribution in [2.45, 2.75) is 19.1 Å². The Morgan fingerprint density at radius 3 is 2.53 bits per heavy atom. The van der Waals surface area contributed by atoms with Crippen LogP contribution in [0.1, 0.15) is 17.2 Å². The summed E-state index contributed by atoms with van der Waals surface area (Å²) >= 11 is 0. The SMILES string of the molecule is Cc1cc(C(O)C(N)C(=O)O)ccc1[N+](=O)[O-]. The molecule has 1 rings (SSSR count). The highest BCUT2D eigenvalue weighted by atomic mass is 16.6. The van der Waals surface area contributed by atoms with Crippen molar-refractivity contribution in [2.24, 2.45) is 5.73 Å². The maximum Gasteiger partial charge on any atom is 0.323 e. The van der Waals surface area contributed by atoms with E-state index in [1.54, 1.807) is 0 Å². The number of aliphatic hydroxyl groups is 1. The Balaban J connectivity index is 3.05. The molecule has 2 atom stereocenters. The van der Waals surface area contributed by atoms with E-state index < -0.39 is 23.0 Å². The average molecular weight is 240 g/mol. The maximum absolute atomic E-state index is 10.6. The zero-order chi connectivity index (χ0) is 13.2. The summed E-state index contributed by atoms with van der Waals surface area (Å²) in [6.45, 7) is 1.50. The minimum Gasteiger partial charge on any atom is -0.480 e. The summed E-state index contributed by atoms with van der Waals surface area (Å²) in [5.74, 6) is -1.34. The summed E-state index contributed by atoms with van der Waals surface area (Å²) in [5.41, 5.74) is 5.74. The Hall–Kier alpha value is -1.99. The number of nitrogens with zero attached hydrogens (tertiary/aromatic N) is 1. The van der Waals surface area contributed by atoms with Gasteiger partial charge in [0.1, 0.15) is 12.1 Å². The predicted molar refractivity (Wildman–Crippen MR) is 58.4 cm³/mol. The average Bonchev–Trinajstić information content (AvgIpc) is 2.26. The molecule has 0 bridgehead atoms. The molecule has 1 aromatic rings. The van der Waals surface area contributed by atoms with Gasteiger partial charge < -0.3 is 15.9 Å². The van der Waals surface area contributed by atoms with Crippen LogP contribution in [-0.2, 0) is 4.79 Å². The van der Waals surface area contributed by atoms with E-state index in [0.717, 1.165) is 0 Å². The molecule has 0 aliphatic carbocycles. The Bertz CT molecular complexity index is 460. The molecular weight excluding hydrogens is 228 g/mol. The molecule has 2 unspecified atom stereocenters. The van der Waals surface area contributed by atoms with Crippen LogP contribution in [0.15, 0.2) is 18.2 Å². The lowest BCUT2D eigenvalue weighted by Crippen LogP contribution is -2.36. The van der Waals surface area contributed by atoms with E-state index in [4.69, 9.17) is 10.8 Å². The van der Waals surface area contributed by atoms with Crippen molar-refractivity contribution in [3.8, 4) is 0 Å². The first kappa shape index (κ1) is 13.1. The summed E-state index contributed by atoms with van der Waals surface area (Å²) < 4.78 is 0. The molecule has 0 aliphatic rings. The van der Waals surface area contributed by atoms with Crippen molar-refractivity contribution in [2.75, 3.05) is 0 Å². The van der Waals surface area contributed by atoms with E-state index in [2.05, 4.69) is 0 Å². The van der Waals surface area contributed by atoms with Gasteiger partial charge in [-0.25, -0.2) is 0 Å². The molecule has 92 valence electrons. The molecule has 0 amide bonds. The second-order valence-corrected chi connectivity index (χ2v) is 3.61. The number of hydrogen-bond donors (Lipinski definition) is 3. The van der Waals surface area contributed by atoms with Crippen LogP contribution in [0.4, 0.5) is 5.69 Å². The number of carboxylic acid groups (broad SMARTS) is 1. The highest BCUT2D eigenvalue weighted by Gasteiger charge is 2.24. The zero-order valence-corrected chi connectivity index (χ0v) is 9.03. The Morgan fingerprint density at radius 1 is 1.53 bits per heavy atom. The largest absolute Gasteiger partial charge is 0.480 e. The third-order valence-corrected chi connectivity index (χ3v) is 2.38. The molecule has 0 saturated carbocycles. The van der Waals surface area contributed by atoms with Crippen molar-refractivity contribution in [3.63, 3.8) is 0 Å². The Morgan fingerprint density at radius 2 is 2.12 bits per heavy atom. The van der Waals surface area contributed by atoms with Gasteiger partial charge >= 0.3 is 5.97 Å². The highest BCUT2D eigenvalue weighted by molar-refractivity contribution is 5.74. The third kappa shape index (κ3) is 2.77. The molecule has 0 radical (unpaired) electrons. The molecule has 0 spiro atoms. The fourth-order valence-corrected chi connectivity index (χ4v) is 1.41. The van der Waals surface area contributed by atoms with Gasteiger partial charge in [0.05, 0.1) is 4.92 Å². The topological polar surface area (TPSA) is 127 Å². The number of aliphatic carboxylic acids is 1. The quantitative estimate of drug-likeness (QED) is 0.514. The van der Waals surface area contributed by atoms with Gasteiger partial charge in [0.2, 0.25) is 0 Å². The van der Waals surface area contributed by atoms with Crippen molar-refractivity contribution in [1.82, 2.24) is 0 Å². The van der Waals surface area contributed by atoms with Crippen molar-refractivity contribution in [1.29, 1.82) is 0 Å². The molecule has 1 aromatic carbocycles. The summed E-state index contributed by atoms with van der Waals surface area (Å²) in [5, 5.41) is 28.8. The zero-order valence-electron chi connectivity index (χ0n) is 9.03. The monoisotopic (exact) mass is 240 g/mol. The van der Waals surface area contributed by atoms with Gasteiger partial charge in [0.25, 0.3) is 5.69 Å². The van der Waals surface area contributed by atoms with Crippen molar-refractivity contribution < 1.29 is 19.9 Å². The molecule has 0 aromatic heterocycles. The minimum absolute atomic E-state index is 0.0927. The van der Waals surface area contributed by atoms with Crippen LogP contribution in [-0.4, -0.2) is 27.1 Å². The number of benzene rings is 1. The van der Waals surface area contributed by atoms with Crippen LogP contribution < -0.4 is 5.73 Å². The van der Waals surface area contributed by atoms with Crippen LogP contribution in [0, 0.1) is 17.0 Å². The van der Waals surface area contributed by atoms with Gasteiger partial charge in [-0.1, -0.05) is 0 Å². The highest BCUT2D eigenvalue weighted by Crippen LogP contribution is 2.23. The molecule has 0 saturated heterocycles. The van der Waals surface area contributed by atoms with Crippen LogP contribution in [0.2, 0.25) is 0 Å². The maximum atomic E-state index is 10.6. The summed E-state index contributed by atoms with van der Waals surface area (Å²) in [4.78, 5) is 20.6. The molecular formula is C10H12N2O5. The molecule has 0 heterocycles. The van der Waals surface area contributed by atoms with E-state index >= 15 is 0 Å². The minimum atomic E-state index is -1.46. The van der Waals surface area contributed by atoms with Crippen molar-refractivity contribution >= 4 is 11.7 Å². The molecule has 4 N–H and O–H groups in total.